The molecule has 39 heavy (non-hydrogen) atoms. The number of allylic oxidation sites excluding steroid dienone is 1. The Bertz CT molecular complexity index is 1620. The summed E-state index contributed by atoms with van der Waals surface area (Å²) in [5, 5.41) is 0. The largest absolute Gasteiger partial charge is 0.481 e. The summed E-state index contributed by atoms with van der Waals surface area (Å²) in [7, 11) is 1.29. The van der Waals surface area contributed by atoms with Gasteiger partial charge in [-0.15, -0.1) is 0 Å². The molecule has 2 aromatic carbocycles. The summed E-state index contributed by atoms with van der Waals surface area (Å²) in [6.07, 6.45) is 1.76. The highest BCUT2D eigenvalue weighted by atomic mass is 79.9. The third kappa shape index (κ3) is 6.07. The van der Waals surface area contributed by atoms with E-state index in [1.807, 2.05) is 24.3 Å². The molecule has 1 unspecified atom stereocenters. The molecular weight excluding hydrogens is 584 g/mol. The SMILES string of the molecule is CCOC(=O)C1=C(C)N=c2s/c(=C/c3ccc(OCC(=O)OC)c(Br)c3)c(=O)n2C1c1ccc(C(C)C)cc1. The van der Waals surface area contributed by atoms with Crippen molar-refractivity contribution >= 4 is 45.3 Å². The molecule has 10 heteroatoms. The van der Waals surface area contributed by atoms with Gasteiger partial charge in [-0.05, 0) is 70.6 Å². The van der Waals surface area contributed by atoms with Crippen LogP contribution in [0.5, 0.6) is 5.75 Å². The van der Waals surface area contributed by atoms with E-state index >= 15 is 0 Å². The van der Waals surface area contributed by atoms with E-state index in [-0.39, 0.29) is 18.8 Å². The number of halogens is 1. The van der Waals surface area contributed by atoms with Crippen molar-refractivity contribution in [2.75, 3.05) is 20.3 Å². The number of esters is 2. The fourth-order valence-corrected chi connectivity index (χ4v) is 5.80. The molecule has 0 radical (unpaired) electrons. The Morgan fingerprint density at radius 3 is 2.51 bits per heavy atom. The van der Waals surface area contributed by atoms with Crippen molar-refractivity contribution in [1.82, 2.24) is 4.57 Å². The summed E-state index contributed by atoms with van der Waals surface area (Å²) >= 11 is 4.71. The molecule has 204 valence electrons. The minimum Gasteiger partial charge on any atom is -0.481 e. The number of benzene rings is 2. The first-order valence-corrected chi connectivity index (χ1v) is 14.0. The lowest BCUT2D eigenvalue weighted by molar-refractivity contribution is -0.143. The molecule has 0 spiro atoms. The average molecular weight is 614 g/mol. The highest BCUT2D eigenvalue weighted by Gasteiger charge is 2.33. The summed E-state index contributed by atoms with van der Waals surface area (Å²) in [5.74, 6) is -0.159. The fourth-order valence-electron chi connectivity index (χ4n) is 4.24. The Morgan fingerprint density at radius 2 is 1.90 bits per heavy atom. The molecule has 2 heterocycles. The Morgan fingerprint density at radius 1 is 1.18 bits per heavy atom. The van der Waals surface area contributed by atoms with Gasteiger partial charge in [-0.25, -0.2) is 14.6 Å². The molecule has 1 aliphatic rings. The number of hydrogen-bond donors (Lipinski definition) is 0. The topological polar surface area (TPSA) is 96.2 Å². The predicted octanol–water partition coefficient (Wildman–Crippen LogP) is 4.24. The van der Waals surface area contributed by atoms with Gasteiger partial charge < -0.3 is 14.2 Å². The predicted molar refractivity (Wildman–Crippen MR) is 153 cm³/mol. The molecule has 0 saturated heterocycles. The van der Waals surface area contributed by atoms with E-state index in [1.165, 1.54) is 18.4 Å². The van der Waals surface area contributed by atoms with Crippen molar-refractivity contribution in [2.45, 2.75) is 39.7 Å². The zero-order valence-corrected chi connectivity index (χ0v) is 24.7. The Balaban J connectivity index is 1.80. The van der Waals surface area contributed by atoms with Crippen LogP contribution in [0.25, 0.3) is 6.08 Å². The molecule has 0 aliphatic carbocycles. The molecule has 0 amide bonds. The highest BCUT2D eigenvalue weighted by molar-refractivity contribution is 9.10. The number of methoxy groups -OCH3 is 1. The smallest absolute Gasteiger partial charge is 0.343 e. The second-order valence-electron chi connectivity index (χ2n) is 9.18. The van der Waals surface area contributed by atoms with Gasteiger partial charge >= 0.3 is 11.9 Å². The van der Waals surface area contributed by atoms with Crippen LogP contribution >= 0.6 is 27.3 Å². The summed E-state index contributed by atoms with van der Waals surface area (Å²) in [6, 6.07) is 12.6. The second kappa shape index (κ2) is 12.1. The number of fused-ring (bicyclic) bond motifs is 1. The number of nitrogens with zero attached hydrogens (tertiary/aromatic N) is 2. The maximum absolute atomic E-state index is 13.8. The number of carbonyl (C=O) groups excluding carboxylic acids is 2. The van der Waals surface area contributed by atoms with Gasteiger partial charge in [-0.2, -0.15) is 0 Å². The van der Waals surface area contributed by atoms with Gasteiger partial charge in [0.1, 0.15) is 5.75 Å². The van der Waals surface area contributed by atoms with Gasteiger partial charge in [0, 0.05) is 0 Å². The zero-order valence-electron chi connectivity index (χ0n) is 22.3. The number of rotatable bonds is 8. The quantitative estimate of drug-likeness (QED) is 0.353. The van der Waals surface area contributed by atoms with Crippen molar-refractivity contribution in [3.63, 3.8) is 0 Å². The molecule has 0 fully saturated rings. The van der Waals surface area contributed by atoms with Crippen LogP contribution in [0, 0.1) is 0 Å². The second-order valence-corrected chi connectivity index (χ2v) is 11.0. The van der Waals surface area contributed by atoms with Gasteiger partial charge in [-0.1, -0.05) is 55.5 Å². The van der Waals surface area contributed by atoms with Crippen LogP contribution in [-0.2, 0) is 19.1 Å². The Hall–Kier alpha value is -3.50. The Labute approximate surface area is 238 Å². The van der Waals surface area contributed by atoms with Crippen molar-refractivity contribution < 1.29 is 23.8 Å². The molecule has 3 aromatic rings. The summed E-state index contributed by atoms with van der Waals surface area (Å²) in [4.78, 5) is 43.4. The molecule has 1 atom stereocenters. The molecule has 0 saturated carbocycles. The molecular formula is C29H29BrN2O6S. The minimum absolute atomic E-state index is 0.215. The maximum Gasteiger partial charge on any atom is 0.343 e. The lowest BCUT2D eigenvalue weighted by atomic mass is 9.93. The average Bonchev–Trinajstić information content (AvgIpc) is 3.21. The molecule has 4 rings (SSSR count). The summed E-state index contributed by atoms with van der Waals surface area (Å²) in [5.41, 5.74) is 3.33. The lowest BCUT2D eigenvalue weighted by Gasteiger charge is -2.25. The van der Waals surface area contributed by atoms with Gasteiger partial charge in [0.05, 0.1) is 40.0 Å². The normalized spacial score (nSPS) is 15.2. The van der Waals surface area contributed by atoms with E-state index in [1.54, 1.807) is 42.7 Å². The number of hydrogen-bond acceptors (Lipinski definition) is 8. The maximum atomic E-state index is 13.8. The molecule has 0 bridgehead atoms. The first kappa shape index (κ1) is 28.5. The lowest BCUT2D eigenvalue weighted by Crippen LogP contribution is -2.39. The van der Waals surface area contributed by atoms with Crippen LogP contribution in [0.15, 0.2) is 68.0 Å². The van der Waals surface area contributed by atoms with Gasteiger partial charge in [0.25, 0.3) is 5.56 Å². The van der Waals surface area contributed by atoms with Crippen molar-refractivity contribution in [3.8, 4) is 5.75 Å². The molecule has 1 aromatic heterocycles. The highest BCUT2D eigenvalue weighted by Crippen LogP contribution is 2.32. The molecule has 0 N–H and O–H groups in total. The van der Waals surface area contributed by atoms with Crippen LogP contribution in [0.3, 0.4) is 0 Å². The van der Waals surface area contributed by atoms with Crippen LogP contribution in [0.1, 0.15) is 56.3 Å². The fraction of sp³-hybridized carbons (Fsp3) is 0.310. The van der Waals surface area contributed by atoms with Crippen LogP contribution in [0.4, 0.5) is 0 Å². The van der Waals surface area contributed by atoms with Crippen LogP contribution < -0.4 is 19.6 Å². The summed E-state index contributed by atoms with van der Waals surface area (Å²) < 4.78 is 18.1. The van der Waals surface area contributed by atoms with E-state index in [0.29, 0.717) is 36.7 Å². The van der Waals surface area contributed by atoms with E-state index in [2.05, 4.69) is 39.5 Å². The van der Waals surface area contributed by atoms with E-state index in [4.69, 9.17) is 9.47 Å². The van der Waals surface area contributed by atoms with Gasteiger partial charge in [0.15, 0.2) is 11.4 Å². The zero-order chi connectivity index (χ0) is 28.3. The minimum atomic E-state index is -0.663. The number of carbonyl (C=O) groups is 2. The van der Waals surface area contributed by atoms with E-state index in [0.717, 1.165) is 16.7 Å². The Kier molecular flexibility index (Phi) is 8.87. The van der Waals surface area contributed by atoms with E-state index in [9.17, 15) is 14.4 Å². The van der Waals surface area contributed by atoms with E-state index < -0.39 is 18.0 Å². The number of ether oxygens (including phenoxy) is 3. The first-order chi connectivity index (χ1) is 18.6. The number of aromatic nitrogens is 1. The van der Waals surface area contributed by atoms with Gasteiger partial charge in [0.2, 0.25) is 0 Å². The summed E-state index contributed by atoms with van der Waals surface area (Å²) in [6.45, 7) is 7.74. The molecule has 1 aliphatic heterocycles. The molecule has 8 nitrogen and oxygen atoms in total. The third-order valence-electron chi connectivity index (χ3n) is 6.26. The van der Waals surface area contributed by atoms with Crippen molar-refractivity contribution in [2.24, 2.45) is 4.99 Å². The van der Waals surface area contributed by atoms with Crippen molar-refractivity contribution in [3.05, 3.63) is 94.6 Å². The van der Waals surface area contributed by atoms with Crippen LogP contribution in [0.2, 0.25) is 0 Å². The van der Waals surface area contributed by atoms with Gasteiger partial charge in [-0.3, -0.25) is 9.36 Å². The first-order valence-electron chi connectivity index (χ1n) is 12.4. The van der Waals surface area contributed by atoms with Crippen molar-refractivity contribution in [1.29, 1.82) is 0 Å². The standard InChI is InChI=1S/C29H29BrN2O6S/c1-6-37-28(35)25-17(4)31-29-32(26(25)20-10-8-19(9-11-20)16(2)3)27(34)23(39-29)14-18-7-12-22(21(30)13-18)38-15-24(33)36-5/h7-14,16,26H,6,15H2,1-5H3/b23-14+. The number of thiazole rings is 1. The third-order valence-corrected chi connectivity index (χ3v) is 7.87. The monoisotopic (exact) mass is 612 g/mol. The van der Waals surface area contributed by atoms with Crippen LogP contribution in [-0.4, -0.2) is 36.8 Å².